The second kappa shape index (κ2) is 6.19. The number of carboxylic acids is 1. The molecular formula is C13H9ClFN3O3. The van der Waals surface area contributed by atoms with Crippen molar-refractivity contribution >= 4 is 35.0 Å². The Morgan fingerprint density at radius 2 is 1.95 bits per heavy atom. The number of carboxylic acid groups (broad SMARTS) is 1. The molecule has 8 heteroatoms. The van der Waals surface area contributed by atoms with Crippen molar-refractivity contribution in [1.82, 2.24) is 4.98 Å². The van der Waals surface area contributed by atoms with Crippen LogP contribution in [0.5, 0.6) is 0 Å². The van der Waals surface area contributed by atoms with E-state index >= 15 is 0 Å². The standard InChI is InChI=1S/C13H9ClFN3O3/c14-8-2-1-3-9(11(8)15)18-13(21)17-7-4-5-10(12(19)20)16-6-7/h1-6H,(H,19,20)(H2,17,18,21). The molecule has 0 aliphatic heterocycles. The van der Waals surface area contributed by atoms with E-state index in [0.29, 0.717) is 0 Å². The summed E-state index contributed by atoms with van der Waals surface area (Å²) in [4.78, 5) is 25.9. The topological polar surface area (TPSA) is 91.3 Å². The molecule has 0 aliphatic rings. The van der Waals surface area contributed by atoms with Gasteiger partial charge < -0.3 is 15.7 Å². The number of rotatable bonds is 3. The fraction of sp³-hybridized carbons (Fsp3) is 0. The summed E-state index contributed by atoms with van der Waals surface area (Å²) in [5.74, 6) is -1.92. The van der Waals surface area contributed by atoms with Crippen LogP contribution in [0, 0.1) is 5.82 Å². The summed E-state index contributed by atoms with van der Waals surface area (Å²) in [5.41, 5.74) is 0.0388. The van der Waals surface area contributed by atoms with Crippen LogP contribution in [0.1, 0.15) is 10.5 Å². The van der Waals surface area contributed by atoms with Crippen molar-refractivity contribution in [2.45, 2.75) is 0 Å². The lowest BCUT2D eigenvalue weighted by Crippen LogP contribution is -2.20. The molecule has 0 saturated carbocycles. The summed E-state index contributed by atoms with van der Waals surface area (Å²) in [6.07, 6.45) is 1.18. The minimum atomic E-state index is -1.17. The molecule has 0 spiro atoms. The van der Waals surface area contributed by atoms with Gasteiger partial charge in [-0.05, 0) is 24.3 Å². The Morgan fingerprint density at radius 3 is 2.57 bits per heavy atom. The van der Waals surface area contributed by atoms with Crippen LogP contribution in [0.25, 0.3) is 0 Å². The van der Waals surface area contributed by atoms with Crippen LogP contribution in [0.15, 0.2) is 36.5 Å². The van der Waals surface area contributed by atoms with Crippen molar-refractivity contribution in [2.75, 3.05) is 10.6 Å². The number of nitrogens with one attached hydrogen (secondary N) is 2. The first-order chi connectivity index (χ1) is 9.97. The summed E-state index contributed by atoms with van der Waals surface area (Å²) in [6.45, 7) is 0. The number of pyridine rings is 1. The van der Waals surface area contributed by atoms with E-state index in [9.17, 15) is 14.0 Å². The van der Waals surface area contributed by atoms with Crippen molar-refractivity contribution < 1.29 is 19.1 Å². The molecule has 0 radical (unpaired) electrons. The number of carbonyl (C=O) groups excluding carboxylic acids is 1. The van der Waals surface area contributed by atoms with Crippen LogP contribution in [-0.2, 0) is 0 Å². The predicted octanol–water partition coefficient (Wildman–Crippen LogP) is 3.22. The Hall–Kier alpha value is -2.67. The van der Waals surface area contributed by atoms with E-state index in [-0.39, 0.29) is 22.1 Å². The number of aromatic carboxylic acids is 1. The van der Waals surface area contributed by atoms with E-state index in [1.54, 1.807) is 0 Å². The molecule has 21 heavy (non-hydrogen) atoms. The van der Waals surface area contributed by atoms with E-state index in [4.69, 9.17) is 16.7 Å². The first-order valence-corrected chi connectivity index (χ1v) is 6.06. The Morgan fingerprint density at radius 1 is 1.19 bits per heavy atom. The Balaban J connectivity index is 2.04. The van der Waals surface area contributed by atoms with Gasteiger partial charge in [0.25, 0.3) is 0 Å². The molecule has 1 heterocycles. The Bertz CT molecular complexity index is 692. The number of hydrogen-bond acceptors (Lipinski definition) is 3. The average molecular weight is 310 g/mol. The van der Waals surface area contributed by atoms with E-state index in [1.807, 2.05) is 0 Å². The molecule has 0 aliphatic carbocycles. The number of nitrogens with zero attached hydrogens (tertiary/aromatic N) is 1. The van der Waals surface area contributed by atoms with Crippen molar-refractivity contribution in [3.05, 3.63) is 53.1 Å². The first kappa shape index (κ1) is 14.7. The average Bonchev–Trinajstić information content (AvgIpc) is 2.44. The second-order valence-corrected chi connectivity index (χ2v) is 4.32. The van der Waals surface area contributed by atoms with Gasteiger partial charge in [0.1, 0.15) is 5.69 Å². The van der Waals surface area contributed by atoms with E-state index in [2.05, 4.69) is 15.6 Å². The largest absolute Gasteiger partial charge is 0.477 e. The zero-order chi connectivity index (χ0) is 15.4. The van der Waals surface area contributed by atoms with E-state index < -0.39 is 17.8 Å². The van der Waals surface area contributed by atoms with Gasteiger partial charge in [-0.25, -0.2) is 19.0 Å². The molecule has 3 N–H and O–H groups in total. The highest BCUT2D eigenvalue weighted by Gasteiger charge is 2.10. The van der Waals surface area contributed by atoms with Crippen LogP contribution < -0.4 is 10.6 Å². The smallest absolute Gasteiger partial charge is 0.354 e. The molecule has 6 nitrogen and oxygen atoms in total. The fourth-order valence-electron chi connectivity index (χ4n) is 1.48. The number of anilines is 2. The zero-order valence-corrected chi connectivity index (χ0v) is 11.2. The molecule has 2 rings (SSSR count). The molecule has 2 aromatic rings. The van der Waals surface area contributed by atoms with Gasteiger partial charge in [0, 0.05) is 0 Å². The molecule has 0 fully saturated rings. The SMILES string of the molecule is O=C(Nc1ccc(C(=O)O)nc1)Nc1cccc(Cl)c1F. The second-order valence-electron chi connectivity index (χ2n) is 3.92. The number of carbonyl (C=O) groups is 2. The van der Waals surface area contributed by atoms with Crippen LogP contribution in [0.3, 0.4) is 0 Å². The minimum absolute atomic E-state index is 0.0740. The van der Waals surface area contributed by atoms with Gasteiger partial charge in [0.15, 0.2) is 5.82 Å². The third-order valence-corrected chi connectivity index (χ3v) is 2.73. The number of amides is 2. The summed E-state index contributed by atoms with van der Waals surface area (Å²) in [5, 5.41) is 13.3. The van der Waals surface area contributed by atoms with Crippen LogP contribution in [0.2, 0.25) is 5.02 Å². The van der Waals surface area contributed by atoms with Gasteiger partial charge in [0.05, 0.1) is 22.6 Å². The lowest BCUT2D eigenvalue weighted by molar-refractivity contribution is 0.0690. The summed E-state index contributed by atoms with van der Waals surface area (Å²) in [6, 6.07) is 6.09. The maximum absolute atomic E-state index is 13.6. The van der Waals surface area contributed by atoms with Crippen LogP contribution in [0.4, 0.5) is 20.6 Å². The van der Waals surface area contributed by atoms with Gasteiger partial charge in [-0.3, -0.25) is 0 Å². The molecule has 2 amide bonds. The number of urea groups is 1. The molecule has 1 aromatic carbocycles. The summed E-state index contributed by atoms with van der Waals surface area (Å²) >= 11 is 5.59. The lowest BCUT2D eigenvalue weighted by Gasteiger charge is -2.08. The van der Waals surface area contributed by atoms with E-state index in [0.717, 1.165) is 0 Å². The third kappa shape index (κ3) is 3.67. The Kier molecular flexibility index (Phi) is 4.34. The molecule has 108 valence electrons. The quantitative estimate of drug-likeness (QED) is 0.812. The number of hydrogen-bond donors (Lipinski definition) is 3. The van der Waals surface area contributed by atoms with Crippen molar-refractivity contribution in [3.8, 4) is 0 Å². The van der Waals surface area contributed by atoms with Gasteiger partial charge in [-0.1, -0.05) is 17.7 Å². The van der Waals surface area contributed by atoms with Crippen molar-refractivity contribution in [1.29, 1.82) is 0 Å². The third-order valence-electron chi connectivity index (χ3n) is 2.44. The van der Waals surface area contributed by atoms with Crippen molar-refractivity contribution in [3.63, 3.8) is 0 Å². The molecular weight excluding hydrogens is 301 g/mol. The highest BCUT2D eigenvalue weighted by molar-refractivity contribution is 6.31. The van der Waals surface area contributed by atoms with E-state index in [1.165, 1.54) is 36.5 Å². The van der Waals surface area contributed by atoms with Crippen LogP contribution in [-0.4, -0.2) is 22.1 Å². The summed E-state index contributed by atoms with van der Waals surface area (Å²) < 4.78 is 13.6. The molecule has 0 saturated heterocycles. The maximum atomic E-state index is 13.6. The summed E-state index contributed by atoms with van der Waals surface area (Å²) in [7, 11) is 0. The number of benzene rings is 1. The first-order valence-electron chi connectivity index (χ1n) is 5.69. The molecule has 0 atom stereocenters. The highest BCUT2D eigenvalue weighted by atomic mass is 35.5. The molecule has 0 unspecified atom stereocenters. The Labute approximate surface area is 123 Å². The maximum Gasteiger partial charge on any atom is 0.354 e. The van der Waals surface area contributed by atoms with Gasteiger partial charge >= 0.3 is 12.0 Å². The van der Waals surface area contributed by atoms with Gasteiger partial charge in [-0.2, -0.15) is 0 Å². The zero-order valence-electron chi connectivity index (χ0n) is 10.4. The van der Waals surface area contributed by atoms with Crippen molar-refractivity contribution in [2.24, 2.45) is 0 Å². The number of halogens is 2. The number of aromatic nitrogens is 1. The minimum Gasteiger partial charge on any atom is -0.477 e. The molecule has 0 bridgehead atoms. The monoisotopic (exact) mass is 309 g/mol. The molecule has 1 aromatic heterocycles. The van der Waals surface area contributed by atoms with Gasteiger partial charge in [-0.15, -0.1) is 0 Å². The van der Waals surface area contributed by atoms with Gasteiger partial charge in [0.2, 0.25) is 0 Å². The lowest BCUT2D eigenvalue weighted by atomic mass is 10.3. The predicted molar refractivity (Wildman–Crippen MR) is 75.2 cm³/mol. The fourth-order valence-corrected chi connectivity index (χ4v) is 1.65. The highest BCUT2D eigenvalue weighted by Crippen LogP contribution is 2.22. The van der Waals surface area contributed by atoms with Crippen LogP contribution >= 0.6 is 11.6 Å². The normalized spacial score (nSPS) is 10.0.